The van der Waals surface area contributed by atoms with Gasteiger partial charge in [0, 0.05) is 0 Å². The lowest BCUT2D eigenvalue weighted by atomic mass is 10.0. The van der Waals surface area contributed by atoms with Crippen molar-refractivity contribution in [2.24, 2.45) is 5.73 Å². The molecule has 2 aromatic carbocycles. The SMILES string of the molecule is CC(CN)c1ccc(COc2ccc(F)c(Br)c2)cc1. The lowest BCUT2D eigenvalue weighted by Crippen LogP contribution is -2.08. The van der Waals surface area contributed by atoms with Gasteiger partial charge in [-0.05, 0) is 57.7 Å². The Kier molecular flexibility index (Phi) is 5.15. The molecule has 2 nitrogen and oxygen atoms in total. The Morgan fingerprint density at radius 3 is 2.50 bits per heavy atom. The molecule has 1 atom stereocenters. The van der Waals surface area contributed by atoms with Gasteiger partial charge in [-0.3, -0.25) is 0 Å². The molecule has 1 unspecified atom stereocenters. The van der Waals surface area contributed by atoms with Crippen molar-refractivity contribution < 1.29 is 9.13 Å². The molecule has 0 heterocycles. The van der Waals surface area contributed by atoms with Crippen molar-refractivity contribution >= 4 is 15.9 Å². The highest BCUT2D eigenvalue weighted by molar-refractivity contribution is 9.10. The molecule has 0 fully saturated rings. The van der Waals surface area contributed by atoms with Gasteiger partial charge in [0.25, 0.3) is 0 Å². The molecule has 2 aromatic rings. The molecule has 0 saturated carbocycles. The van der Waals surface area contributed by atoms with Gasteiger partial charge in [-0.1, -0.05) is 31.2 Å². The van der Waals surface area contributed by atoms with E-state index in [-0.39, 0.29) is 5.82 Å². The molecule has 20 heavy (non-hydrogen) atoms. The Bertz CT molecular complexity index is 571. The highest BCUT2D eigenvalue weighted by Gasteiger charge is 2.04. The van der Waals surface area contributed by atoms with E-state index in [0.717, 1.165) is 5.56 Å². The molecule has 4 heteroatoms. The number of ether oxygens (including phenoxy) is 1. The average molecular weight is 338 g/mol. The summed E-state index contributed by atoms with van der Waals surface area (Å²) < 4.78 is 19.1. The average Bonchev–Trinajstić information content (AvgIpc) is 2.48. The van der Waals surface area contributed by atoms with Crippen LogP contribution in [0, 0.1) is 5.82 Å². The van der Waals surface area contributed by atoms with Crippen LogP contribution in [0.4, 0.5) is 4.39 Å². The number of halogens is 2. The second kappa shape index (κ2) is 6.86. The van der Waals surface area contributed by atoms with Crippen molar-refractivity contribution in [1.82, 2.24) is 0 Å². The molecule has 2 N–H and O–H groups in total. The van der Waals surface area contributed by atoms with Gasteiger partial charge in [0.2, 0.25) is 0 Å². The predicted molar refractivity (Wildman–Crippen MR) is 82.3 cm³/mol. The maximum absolute atomic E-state index is 13.1. The normalized spacial score (nSPS) is 12.2. The first kappa shape index (κ1) is 15.0. The molecule has 0 aliphatic heterocycles. The zero-order valence-electron chi connectivity index (χ0n) is 11.3. The molecule has 0 aliphatic carbocycles. The highest BCUT2D eigenvalue weighted by atomic mass is 79.9. The van der Waals surface area contributed by atoms with Crippen LogP contribution >= 0.6 is 15.9 Å². The summed E-state index contributed by atoms with van der Waals surface area (Å²) in [5.74, 6) is 0.702. The van der Waals surface area contributed by atoms with Crippen molar-refractivity contribution in [2.45, 2.75) is 19.4 Å². The van der Waals surface area contributed by atoms with Crippen molar-refractivity contribution in [3.63, 3.8) is 0 Å². The fourth-order valence-electron chi connectivity index (χ4n) is 1.81. The van der Waals surface area contributed by atoms with Crippen molar-refractivity contribution in [2.75, 3.05) is 6.54 Å². The molecule has 0 radical (unpaired) electrons. The number of rotatable bonds is 5. The van der Waals surface area contributed by atoms with E-state index < -0.39 is 0 Å². The standard InChI is InChI=1S/C16H17BrFNO/c1-11(9-19)13-4-2-12(3-5-13)10-20-14-6-7-16(18)15(17)8-14/h2-8,11H,9-10,19H2,1H3. The lowest BCUT2D eigenvalue weighted by molar-refractivity contribution is 0.305. The summed E-state index contributed by atoms with van der Waals surface area (Å²) in [6, 6.07) is 12.8. The summed E-state index contributed by atoms with van der Waals surface area (Å²) in [6.07, 6.45) is 0. The Labute approximate surface area is 126 Å². The van der Waals surface area contributed by atoms with Crippen LogP contribution in [0.5, 0.6) is 5.75 Å². The molecule has 0 saturated heterocycles. The molecule has 0 amide bonds. The van der Waals surface area contributed by atoms with Gasteiger partial charge in [0.05, 0.1) is 4.47 Å². The zero-order valence-corrected chi connectivity index (χ0v) is 12.9. The minimum absolute atomic E-state index is 0.294. The topological polar surface area (TPSA) is 35.2 Å². The van der Waals surface area contributed by atoms with Crippen LogP contribution in [0.3, 0.4) is 0 Å². The number of benzene rings is 2. The van der Waals surface area contributed by atoms with Crippen LogP contribution in [0.2, 0.25) is 0 Å². The number of hydrogen-bond acceptors (Lipinski definition) is 2. The summed E-state index contributed by atoms with van der Waals surface area (Å²) in [5, 5.41) is 0. The minimum Gasteiger partial charge on any atom is -0.489 e. The molecule has 0 spiro atoms. The van der Waals surface area contributed by atoms with E-state index in [1.807, 2.05) is 12.1 Å². The second-order valence-corrected chi connectivity index (χ2v) is 5.60. The fraction of sp³-hybridized carbons (Fsp3) is 0.250. The smallest absolute Gasteiger partial charge is 0.137 e. The van der Waals surface area contributed by atoms with E-state index in [1.54, 1.807) is 12.1 Å². The summed E-state index contributed by atoms with van der Waals surface area (Å²) in [6.45, 7) is 3.19. The van der Waals surface area contributed by atoms with Crippen LogP contribution in [-0.2, 0) is 6.61 Å². The van der Waals surface area contributed by atoms with Gasteiger partial charge in [-0.25, -0.2) is 4.39 Å². The summed E-state index contributed by atoms with van der Waals surface area (Å²) >= 11 is 3.14. The first-order chi connectivity index (χ1) is 9.60. The number of hydrogen-bond donors (Lipinski definition) is 1. The largest absolute Gasteiger partial charge is 0.489 e. The van der Waals surface area contributed by atoms with Crippen LogP contribution in [-0.4, -0.2) is 6.54 Å². The third-order valence-electron chi connectivity index (χ3n) is 3.20. The fourth-order valence-corrected chi connectivity index (χ4v) is 2.17. The monoisotopic (exact) mass is 337 g/mol. The van der Waals surface area contributed by atoms with E-state index in [1.165, 1.54) is 11.6 Å². The third kappa shape index (κ3) is 3.81. The first-order valence-electron chi connectivity index (χ1n) is 6.47. The Balaban J connectivity index is 1.98. The first-order valence-corrected chi connectivity index (χ1v) is 7.26. The Morgan fingerprint density at radius 2 is 1.90 bits per heavy atom. The van der Waals surface area contributed by atoms with Gasteiger partial charge < -0.3 is 10.5 Å². The van der Waals surface area contributed by atoms with Crippen LogP contribution < -0.4 is 10.5 Å². The third-order valence-corrected chi connectivity index (χ3v) is 3.81. The summed E-state index contributed by atoms with van der Waals surface area (Å²) in [5.41, 5.74) is 7.93. The summed E-state index contributed by atoms with van der Waals surface area (Å²) in [4.78, 5) is 0. The van der Waals surface area contributed by atoms with E-state index in [4.69, 9.17) is 10.5 Å². The van der Waals surface area contributed by atoms with Gasteiger partial charge in [-0.2, -0.15) is 0 Å². The summed E-state index contributed by atoms with van der Waals surface area (Å²) in [7, 11) is 0. The van der Waals surface area contributed by atoms with Crippen molar-refractivity contribution in [3.05, 3.63) is 63.9 Å². The molecule has 0 aromatic heterocycles. The van der Waals surface area contributed by atoms with E-state index in [2.05, 4.69) is 35.0 Å². The maximum atomic E-state index is 13.1. The Morgan fingerprint density at radius 1 is 1.20 bits per heavy atom. The van der Waals surface area contributed by atoms with Gasteiger partial charge in [0.1, 0.15) is 18.2 Å². The molecule has 0 aliphatic rings. The van der Waals surface area contributed by atoms with E-state index >= 15 is 0 Å². The van der Waals surface area contributed by atoms with Gasteiger partial charge in [-0.15, -0.1) is 0 Å². The van der Waals surface area contributed by atoms with Crippen molar-refractivity contribution in [1.29, 1.82) is 0 Å². The second-order valence-electron chi connectivity index (χ2n) is 4.74. The van der Waals surface area contributed by atoms with Crippen LogP contribution in [0.25, 0.3) is 0 Å². The molecular formula is C16H17BrFNO. The van der Waals surface area contributed by atoms with Gasteiger partial charge >= 0.3 is 0 Å². The molecule has 0 bridgehead atoms. The highest BCUT2D eigenvalue weighted by Crippen LogP contribution is 2.22. The van der Waals surface area contributed by atoms with Gasteiger partial charge in [0.15, 0.2) is 0 Å². The molecule has 2 rings (SSSR count). The lowest BCUT2D eigenvalue weighted by Gasteiger charge is -2.11. The van der Waals surface area contributed by atoms with Crippen LogP contribution in [0.1, 0.15) is 24.0 Å². The minimum atomic E-state index is -0.294. The van der Waals surface area contributed by atoms with E-state index in [0.29, 0.717) is 29.3 Å². The quantitative estimate of drug-likeness (QED) is 0.886. The molecular weight excluding hydrogens is 321 g/mol. The zero-order chi connectivity index (χ0) is 14.5. The van der Waals surface area contributed by atoms with Crippen molar-refractivity contribution in [3.8, 4) is 5.75 Å². The van der Waals surface area contributed by atoms with E-state index in [9.17, 15) is 4.39 Å². The maximum Gasteiger partial charge on any atom is 0.137 e. The number of nitrogens with two attached hydrogens (primary N) is 1. The predicted octanol–water partition coefficient (Wildman–Crippen LogP) is 4.23. The Hall–Kier alpha value is -1.39. The van der Waals surface area contributed by atoms with Crippen LogP contribution in [0.15, 0.2) is 46.9 Å². The molecule has 106 valence electrons.